The Morgan fingerprint density at radius 1 is 1.47 bits per heavy atom. The van der Waals surface area contributed by atoms with E-state index in [1.807, 2.05) is 5.38 Å². The predicted octanol–water partition coefficient (Wildman–Crippen LogP) is 4.19. The van der Waals surface area contributed by atoms with Gasteiger partial charge >= 0.3 is 0 Å². The van der Waals surface area contributed by atoms with E-state index in [0.29, 0.717) is 16.8 Å². The minimum atomic E-state index is -0.286. The largest absolute Gasteiger partial charge is 0.486 e. The summed E-state index contributed by atoms with van der Waals surface area (Å²) in [5.74, 6) is 0.337. The van der Waals surface area contributed by atoms with Crippen LogP contribution in [0.25, 0.3) is 0 Å². The summed E-state index contributed by atoms with van der Waals surface area (Å²) in [6.45, 7) is 2.47. The third-order valence-electron chi connectivity index (χ3n) is 2.17. The Morgan fingerprint density at radius 3 is 2.94 bits per heavy atom. The molecule has 0 fully saturated rings. The molecule has 2 aromatic rings. The molecule has 0 bridgehead atoms. The fourth-order valence-electron chi connectivity index (χ4n) is 1.32. The number of aromatic nitrogens is 1. The van der Waals surface area contributed by atoms with E-state index in [9.17, 15) is 4.39 Å². The minimum absolute atomic E-state index is 0.286. The lowest BCUT2D eigenvalue weighted by Gasteiger charge is -2.06. The summed E-state index contributed by atoms with van der Waals surface area (Å²) < 4.78 is 19.0. The molecule has 0 radical (unpaired) electrons. The van der Waals surface area contributed by atoms with Crippen molar-refractivity contribution >= 4 is 27.3 Å². The number of halogens is 2. The molecule has 0 saturated heterocycles. The normalized spacial score (nSPS) is 10.5. The molecule has 0 aliphatic heterocycles. The molecule has 0 aliphatic carbocycles. The van der Waals surface area contributed by atoms with Crippen LogP contribution in [-0.4, -0.2) is 4.98 Å². The monoisotopic (exact) mass is 315 g/mol. The lowest BCUT2D eigenvalue weighted by molar-refractivity contribution is 0.299. The van der Waals surface area contributed by atoms with E-state index in [1.54, 1.807) is 17.4 Å². The maximum Gasteiger partial charge on any atom is 0.134 e. The highest BCUT2D eigenvalue weighted by Crippen LogP contribution is 2.26. The van der Waals surface area contributed by atoms with Crippen LogP contribution in [-0.2, 0) is 13.0 Å². The minimum Gasteiger partial charge on any atom is -0.486 e. The number of rotatable bonds is 4. The van der Waals surface area contributed by atoms with Crippen molar-refractivity contribution < 1.29 is 9.13 Å². The zero-order valence-corrected chi connectivity index (χ0v) is 11.6. The molecule has 0 atom stereocenters. The number of ether oxygens (including phenoxy) is 1. The molecule has 0 amide bonds. The molecule has 1 aromatic carbocycles. The van der Waals surface area contributed by atoms with Crippen LogP contribution >= 0.6 is 27.3 Å². The summed E-state index contributed by atoms with van der Waals surface area (Å²) in [5, 5.41) is 3.08. The van der Waals surface area contributed by atoms with E-state index in [0.717, 1.165) is 17.1 Å². The molecule has 0 spiro atoms. The third-order valence-corrected chi connectivity index (χ3v) is 3.83. The Hall–Kier alpha value is -0.940. The molecule has 0 saturated carbocycles. The Morgan fingerprint density at radius 2 is 2.29 bits per heavy atom. The van der Waals surface area contributed by atoms with E-state index < -0.39 is 0 Å². The molecule has 1 aromatic heterocycles. The van der Waals surface area contributed by atoms with Crippen molar-refractivity contribution in [3.05, 3.63) is 44.6 Å². The van der Waals surface area contributed by atoms with Gasteiger partial charge in [-0.05, 0) is 40.5 Å². The molecule has 2 nitrogen and oxygen atoms in total. The number of hydrogen-bond acceptors (Lipinski definition) is 3. The van der Waals surface area contributed by atoms with E-state index in [-0.39, 0.29) is 5.82 Å². The summed E-state index contributed by atoms with van der Waals surface area (Å²) in [5.41, 5.74) is 0.906. The topological polar surface area (TPSA) is 22.1 Å². The number of benzene rings is 1. The van der Waals surface area contributed by atoms with Crippen LogP contribution in [0.15, 0.2) is 28.1 Å². The SMILES string of the molecule is CCc1nc(COc2ccc(F)cc2Br)cs1. The average Bonchev–Trinajstić information content (AvgIpc) is 2.76. The smallest absolute Gasteiger partial charge is 0.134 e. The maximum atomic E-state index is 12.9. The molecule has 0 aliphatic rings. The fraction of sp³-hybridized carbons (Fsp3) is 0.250. The van der Waals surface area contributed by atoms with Gasteiger partial charge < -0.3 is 4.74 Å². The Kier molecular flexibility index (Phi) is 4.12. The average molecular weight is 316 g/mol. The first-order chi connectivity index (χ1) is 8.19. The van der Waals surface area contributed by atoms with Crippen LogP contribution in [0.4, 0.5) is 4.39 Å². The van der Waals surface area contributed by atoms with Gasteiger partial charge in [0.2, 0.25) is 0 Å². The molecule has 5 heteroatoms. The van der Waals surface area contributed by atoms with Gasteiger partial charge in [-0.25, -0.2) is 9.37 Å². The Labute approximate surface area is 112 Å². The van der Waals surface area contributed by atoms with Gasteiger partial charge in [0.1, 0.15) is 18.2 Å². The molecule has 0 N–H and O–H groups in total. The van der Waals surface area contributed by atoms with Crippen LogP contribution in [0.1, 0.15) is 17.6 Å². The number of thiazole rings is 1. The van der Waals surface area contributed by atoms with Crippen LogP contribution in [0.5, 0.6) is 5.75 Å². The molecular formula is C12H11BrFNOS. The second kappa shape index (κ2) is 5.60. The van der Waals surface area contributed by atoms with Crippen molar-refractivity contribution in [2.24, 2.45) is 0 Å². The van der Waals surface area contributed by atoms with E-state index >= 15 is 0 Å². The summed E-state index contributed by atoms with van der Waals surface area (Å²) in [7, 11) is 0. The summed E-state index contributed by atoms with van der Waals surface area (Å²) in [6.07, 6.45) is 0.935. The standard InChI is InChI=1S/C12H11BrFNOS/c1-2-12-15-9(7-17-12)6-16-11-4-3-8(14)5-10(11)13/h3-5,7H,2,6H2,1H3. The van der Waals surface area contributed by atoms with Crippen molar-refractivity contribution in [1.82, 2.24) is 4.98 Å². The van der Waals surface area contributed by atoms with Gasteiger partial charge in [0.25, 0.3) is 0 Å². The molecule has 2 rings (SSSR count). The fourth-order valence-corrected chi connectivity index (χ4v) is 2.52. The van der Waals surface area contributed by atoms with E-state index in [4.69, 9.17) is 4.74 Å². The highest BCUT2D eigenvalue weighted by molar-refractivity contribution is 9.10. The lowest BCUT2D eigenvalue weighted by Crippen LogP contribution is -1.97. The van der Waals surface area contributed by atoms with Gasteiger partial charge in [-0.15, -0.1) is 11.3 Å². The molecule has 90 valence electrons. The first-order valence-corrected chi connectivity index (χ1v) is 6.87. The summed E-state index contributed by atoms with van der Waals surface area (Å²) in [6, 6.07) is 4.36. The molecule has 1 heterocycles. The highest BCUT2D eigenvalue weighted by Gasteiger charge is 2.05. The van der Waals surface area contributed by atoms with Crippen molar-refractivity contribution in [2.45, 2.75) is 20.0 Å². The summed E-state index contributed by atoms with van der Waals surface area (Å²) >= 11 is 4.89. The number of aryl methyl sites for hydroxylation is 1. The maximum absolute atomic E-state index is 12.9. The second-order valence-corrected chi connectivity index (χ2v) is 5.25. The van der Waals surface area contributed by atoms with Crippen LogP contribution in [0.2, 0.25) is 0 Å². The van der Waals surface area contributed by atoms with Gasteiger partial charge in [0.05, 0.1) is 15.2 Å². The summed E-state index contributed by atoms with van der Waals surface area (Å²) in [4.78, 5) is 4.40. The Balaban J connectivity index is 2.02. The highest BCUT2D eigenvalue weighted by atomic mass is 79.9. The quantitative estimate of drug-likeness (QED) is 0.844. The third kappa shape index (κ3) is 3.26. The Bertz CT molecular complexity index is 515. The van der Waals surface area contributed by atoms with E-state index in [1.165, 1.54) is 12.1 Å². The van der Waals surface area contributed by atoms with Gasteiger partial charge in [-0.2, -0.15) is 0 Å². The van der Waals surface area contributed by atoms with Gasteiger partial charge in [0, 0.05) is 5.38 Å². The van der Waals surface area contributed by atoms with Crippen LogP contribution < -0.4 is 4.74 Å². The molecular weight excluding hydrogens is 305 g/mol. The zero-order valence-electron chi connectivity index (χ0n) is 9.24. The molecule has 17 heavy (non-hydrogen) atoms. The molecule has 0 unspecified atom stereocenters. The van der Waals surface area contributed by atoms with Crippen LogP contribution in [0.3, 0.4) is 0 Å². The number of hydrogen-bond donors (Lipinski definition) is 0. The van der Waals surface area contributed by atoms with Crippen molar-refractivity contribution in [3.63, 3.8) is 0 Å². The van der Waals surface area contributed by atoms with E-state index in [2.05, 4.69) is 27.8 Å². The second-order valence-electron chi connectivity index (χ2n) is 3.45. The predicted molar refractivity (Wildman–Crippen MR) is 69.9 cm³/mol. The van der Waals surface area contributed by atoms with Crippen LogP contribution in [0, 0.1) is 5.82 Å². The first kappa shape index (κ1) is 12.5. The van der Waals surface area contributed by atoms with Crippen molar-refractivity contribution in [3.8, 4) is 5.75 Å². The zero-order chi connectivity index (χ0) is 12.3. The van der Waals surface area contributed by atoms with Crippen molar-refractivity contribution in [2.75, 3.05) is 0 Å². The van der Waals surface area contributed by atoms with Gasteiger partial charge in [0.15, 0.2) is 0 Å². The van der Waals surface area contributed by atoms with Gasteiger partial charge in [-0.1, -0.05) is 6.92 Å². The first-order valence-electron chi connectivity index (χ1n) is 5.20. The van der Waals surface area contributed by atoms with Crippen molar-refractivity contribution in [1.29, 1.82) is 0 Å². The number of nitrogens with zero attached hydrogens (tertiary/aromatic N) is 1. The lowest BCUT2D eigenvalue weighted by atomic mass is 10.3. The van der Waals surface area contributed by atoms with Gasteiger partial charge in [-0.3, -0.25) is 0 Å².